The first-order valence-corrected chi connectivity index (χ1v) is 5.75. The van der Waals surface area contributed by atoms with Gasteiger partial charge in [-0.25, -0.2) is 0 Å². The van der Waals surface area contributed by atoms with Gasteiger partial charge in [0, 0.05) is 11.3 Å². The Labute approximate surface area is 90.1 Å². The number of anilines is 1. The van der Waals surface area contributed by atoms with Crippen LogP contribution in [0.1, 0.15) is 42.0 Å². The van der Waals surface area contributed by atoms with Gasteiger partial charge in [0.05, 0.1) is 5.60 Å². The topological polar surface area (TPSA) is 46.2 Å². The minimum atomic E-state index is -0.697. The Morgan fingerprint density at radius 1 is 1.27 bits per heavy atom. The van der Waals surface area contributed by atoms with Gasteiger partial charge in [0.15, 0.2) is 0 Å². The summed E-state index contributed by atoms with van der Waals surface area (Å²) in [6.45, 7) is 1.89. The van der Waals surface area contributed by atoms with E-state index in [0.717, 1.165) is 36.9 Å². The average molecular weight is 203 g/mol. The summed E-state index contributed by atoms with van der Waals surface area (Å²) in [5.41, 5.74) is 11.4. The molecular weight excluding hydrogens is 186 g/mol. The number of aryl methyl sites for hydroxylation is 2. The Morgan fingerprint density at radius 2 is 2.07 bits per heavy atom. The molecule has 2 heteroatoms. The number of benzene rings is 1. The molecule has 0 heterocycles. The van der Waals surface area contributed by atoms with E-state index in [-0.39, 0.29) is 0 Å². The molecule has 2 aliphatic rings. The van der Waals surface area contributed by atoms with E-state index in [9.17, 15) is 5.11 Å². The number of rotatable bonds is 0. The third-order valence-electron chi connectivity index (χ3n) is 3.94. The van der Waals surface area contributed by atoms with Crippen LogP contribution in [-0.4, -0.2) is 5.11 Å². The number of nitrogens with two attached hydrogens (primary N) is 1. The quantitative estimate of drug-likeness (QED) is 0.633. The van der Waals surface area contributed by atoms with Crippen molar-refractivity contribution < 1.29 is 5.11 Å². The van der Waals surface area contributed by atoms with Crippen LogP contribution in [0, 0.1) is 0 Å². The smallest absolute Gasteiger partial charge is 0.0894 e. The molecule has 2 nitrogen and oxygen atoms in total. The van der Waals surface area contributed by atoms with Crippen molar-refractivity contribution in [1.29, 1.82) is 0 Å². The van der Waals surface area contributed by atoms with Crippen molar-refractivity contribution in [3.05, 3.63) is 28.3 Å². The van der Waals surface area contributed by atoms with Crippen LogP contribution in [0.2, 0.25) is 0 Å². The fraction of sp³-hybridized carbons (Fsp3) is 0.538. The highest BCUT2D eigenvalue weighted by molar-refractivity contribution is 5.65. The molecule has 0 radical (unpaired) electrons. The Balaban J connectivity index is 2.27. The molecule has 0 amide bonds. The van der Waals surface area contributed by atoms with Crippen molar-refractivity contribution in [3.8, 4) is 0 Å². The highest BCUT2D eigenvalue weighted by Gasteiger charge is 2.36. The summed E-state index contributed by atoms with van der Waals surface area (Å²) in [5, 5.41) is 10.3. The zero-order valence-corrected chi connectivity index (χ0v) is 9.14. The lowest BCUT2D eigenvalue weighted by atomic mass is 9.92. The number of hydrogen-bond donors (Lipinski definition) is 2. The Kier molecular flexibility index (Phi) is 1.70. The van der Waals surface area contributed by atoms with Gasteiger partial charge in [0.1, 0.15) is 0 Å². The first-order chi connectivity index (χ1) is 7.09. The molecule has 0 aliphatic heterocycles. The van der Waals surface area contributed by atoms with Gasteiger partial charge in [0.25, 0.3) is 0 Å². The number of aliphatic hydroxyl groups is 1. The number of hydrogen-bond acceptors (Lipinski definition) is 2. The van der Waals surface area contributed by atoms with E-state index >= 15 is 0 Å². The first-order valence-electron chi connectivity index (χ1n) is 5.75. The number of fused-ring (bicyclic) bond motifs is 2. The van der Waals surface area contributed by atoms with Crippen LogP contribution in [0.25, 0.3) is 0 Å². The Morgan fingerprint density at radius 3 is 2.87 bits per heavy atom. The number of nitrogen functional groups attached to an aromatic ring is 1. The minimum Gasteiger partial charge on any atom is -0.398 e. The van der Waals surface area contributed by atoms with Crippen LogP contribution in [0.5, 0.6) is 0 Å². The minimum absolute atomic E-state index is 0.697. The second-order valence-corrected chi connectivity index (χ2v) is 5.09. The summed E-state index contributed by atoms with van der Waals surface area (Å²) < 4.78 is 0. The third kappa shape index (κ3) is 1.14. The van der Waals surface area contributed by atoms with E-state index in [2.05, 4.69) is 6.07 Å². The molecular formula is C13H17NO. The van der Waals surface area contributed by atoms with Crippen LogP contribution in [0.4, 0.5) is 5.69 Å². The Hall–Kier alpha value is -1.02. The SMILES string of the molecule is CC1(O)CCc2cc3c(c(N)c21)CCC3. The van der Waals surface area contributed by atoms with Crippen LogP contribution in [0.15, 0.2) is 6.07 Å². The molecule has 80 valence electrons. The van der Waals surface area contributed by atoms with Crippen molar-refractivity contribution in [2.24, 2.45) is 0 Å². The van der Waals surface area contributed by atoms with Gasteiger partial charge in [-0.1, -0.05) is 6.07 Å². The highest BCUT2D eigenvalue weighted by atomic mass is 16.3. The van der Waals surface area contributed by atoms with Gasteiger partial charge in [-0.3, -0.25) is 0 Å². The van der Waals surface area contributed by atoms with Crippen LogP contribution < -0.4 is 5.73 Å². The maximum absolute atomic E-state index is 10.3. The van der Waals surface area contributed by atoms with Crippen molar-refractivity contribution in [3.63, 3.8) is 0 Å². The fourth-order valence-electron chi connectivity index (χ4n) is 3.18. The zero-order valence-electron chi connectivity index (χ0n) is 9.14. The van der Waals surface area contributed by atoms with Crippen LogP contribution in [-0.2, 0) is 24.9 Å². The Bertz CT molecular complexity index is 435. The van der Waals surface area contributed by atoms with E-state index < -0.39 is 5.60 Å². The van der Waals surface area contributed by atoms with E-state index in [1.165, 1.54) is 23.1 Å². The lowest BCUT2D eigenvalue weighted by Crippen LogP contribution is -2.19. The predicted molar refractivity (Wildman–Crippen MR) is 60.8 cm³/mol. The summed E-state index contributed by atoms with van der Waals surface area (Å²) in [4.78, 5) is 0. The van der Waals surface area contributed by atoms with Gasteiger partial charge in [0.2, 0.25) is 0 Å². The third-order valence-corrected chi connectivity index (χ3v) is 3.94. The molecule has 3 N–H and O–H groups in total. The van der Waals surface area contributed by atoms with E-state index in [0.29, 0.717) is 0 Å². The summed E-state index contributed by atoms with van der Waals surface area (Å²) >= 11 is 0. The second kappa shape index (κ2) is 2.76. The first kappa shape index (κ1) is 9.22. The lowest BCUT2D eigenvalue weighted by Gasteiger charge is -2.21. The molecule has 0 bridgehead atoms. The molecule has 1 aromatic rings. The van der Waals surface area contributed by atoms with Crippen molar-refractivity contribution in [2.45, 2.75) is 44.6 Å². The molecule has 3 rings (SSSR count). The van der Waals surface area contributed by atoms with Gasteiger partial charge < -0.3 is 10.8 Å². The highest BCUT2D eigenvalue weighted by Crippen LogP contribution is 2.44. The molecule has 0 spiro atoms. The van der Waals surface area contributed by atoms with Crippen molar-refractivity contribution in [2.75, 3.05) is 5.73 Å². The standard InChI is InChI=1S/C13H17NO/c1-13(15)6-5-9-7-8-3-2-4-10(8)12(14)11(9)13/h7,15H,2-6,14H2,1H3. The van der Waals surface area contributed by atoms with Gasteiger partial charge in [-0.2, -0.15) is 0 Å². The van der Waals surface area contributed by atoms with Crippen LogP contribution >= 0.6 is 0 Å². The summed E-state index contributed by atoms with van der Waals surface area (Å²) in [6.07, 6.45) is 5.25. The summed E-state index contributed by atoms with van der Waals surface area (Å²) in [7, 11) is 0. The van der Waals surface area contributed by atoms with Gasteiger partial charge >= 0.3 is 0 Å². The van der Waals surface area contributed by atoms with E-state index in [4.69, 9.17) is 5.73 Å². The van der Waals surface area contributed by atoms with Gasteiger partial charge in [-0.05, 0) is 55.7 Å². The van der Waals surface area contributed by atoms with Crippen LogP contribution in [0.3, 0.4) is 0 Å². The van der Waals surface area contributed by atoms with E-state index in [1.807, 2.05) is 6.92 Å². The zero-order chi connectivity index (χ0) is 10.6. The largest absolute Gasteiger partial charge is 0.398 e. The maximum Gasteiger partial charge on any atom is 0.0894 e. The molecule has 1 atom stereocenters. The summed E-state index contributed by atoms with van der Waals surface area (Å²) in [6, 6.07) is 2.27. The van der Waals surface area contributed by atoms with Crippen molar-refractivity contribution >= 4 is 5.69 Å². The molecule has 0 saturated carbocycles. The van der Waals surface area contributed by atoms with Gasteiger partial charge in [-0.15, -0.1) is 0 Å². The summed E-state index contributed by atoms with van der Waals surface area (Å²) in [5.74, 6) is 0. The predicted octanol–water partition coefficient (Wildman–Crippen LogP) is 1.91. The molecule has 1 aromatic carbocycles. The monoisotopic (exact) mass is 203 g/mol. The normalized spacial score (nSPS) is 27.9. The molecule has 2 aliphatic carbocycles. The van der Waals surface area contributed by atoms with E-state index in [1.54, 1.807) is 0 Å². The molecule has 0 fully saturated rings. The molecule has 0 saturated heterocycles. The van der Waals surface area contributed by atoms with Crippen molar-refractivity contribution in [1.82, 2.24) is 0 Å². The molecule has 0 aromatic heterocycles. The maximum atomic E-state index is 10.3. The fourth-order valence-corrected chi connectivity index (χ4v) is 3.18. The lowest BCUT2D eigenvalue weighted by molar-refractivity contribution is 0.0601. The average Bonchev–Trinajstić information content (AvgIpc) is 2.72. The second-order valence-electron chi connectivity index (χ2n) is 5.09. The molecule has 1 unspecified atom stereocenters. The molecule has 15 heavy (non-hydrogen) atoms.